The van der Waals surface area contributed by atoms with E-state index in [9.17, 15) is 13.2 Å². The summed E-state index contributed by atoms with van der Waals surface area (Å²) in [5.41, 5.74) is 0. The molecule has 19 heavy (non-hydrogen) atoms. The minimum Gasteiger partial charge on any atom is -0.481 e. The van der Waals surface area contributed by atoms with Crippen molar-refractivity contribution in [2.24, 2.45) is 5.92 Å². The third-order valence-corrected chi connectivity index (χ3v) is 4.67. The SMILES string of the molecule is CCC1CC1NS(=O)(=O)c1cnn(CCC(=O)O)c1. The van der Waals surface area contributed by atoms with Gasteiger partial charge in [0, 0.05) is 12.2 Å². The number of aliphatic carboxylic acids is 1. The summed E-state index contributed by atoms with van der Waals surface area (Å²) < 4.78 is 28.0. The van der Waals surface area contributed by atoms with Gasteiger partial charge in [-0.15, -0.1) is 0 Å². The molecule has 106 valence electrons. The average molecular weight is 287 g/mol. The highest BCUT2D eigenvalue weighted by atomic mass is 32.2. The summed E-state index contributed by atoms with van der Waals surface area (Å²) in [7, 11) is -3.54. The van der Waals surface area contributed by atoms with Gasteiger partial charge in [-0.1, -0.05) is 13.3 Å². The second-order valence-corrected chi connectivity index (χ2v) is 6.43. The molecule has 0 aliphatic heterocycles. The van der Waals surface area contributed by atoms with Crippen LogP contribution in [0, 0.1) is 5.92 Å². The molecule has 2 atom stereocenters. The Balaban J connectivity index is 1.99. The first-order valence-electron chi connectivity index (χ1n) is 6.19. The van der Waals surface area contributed by atoms with Crippen LogP contribution in [0.4, 0.5) is 0 Å². The van der Waals surface area contributed by atoms with E-state index in [1.54, 1.807) is 0 Å². The van der Waals surface area contributed by atoms with Crippen molar-refractivity contribution in [3.8, 4) is 0 Å². The lowest BCUT2D eigenvalue weighted by molar-refractivity contribution is -0.137. The fraction of sp³-hybridized carbons (Fsp3) is 0.636. The third kappa shape index (κ3) is 3.54. The molecule has 1 aliphatic carbocycles. The van der Waals surface area contributed by atoms with Crippen LogP contribution in [0.5, 0.6) is 0 Å². The van der Waals surface area contributed by atoms with E-state index in [4.69, 9.17) is 5.11 Å². The van der Waals surface area contributed by atoms with Crippen molar-refractivity contribution < 1.29 is 18.3 Å². The first-order chi connectivity index (χ1) is 8.92. The molecule has 0 amide bonds. The third-order valence-electron chi connectivity index (χ3n) is 3.23. The van der Waals surface area contributed by atoms with Crippen LogP contribution < -0.4 is 4.72 Å². The molecule has 1 aromatic heterocycles. The number of nitrogens with zero attached hydrogens (tertiary/aromatic N) is 2. The molecule has 8 heteroatoms. The van der Waals surface area contributed by atoms with E-state index >= 15 is 0 Å². The highest BCUT2D eigenvalue weighted by Crippen LogP contribution is 2.34. The Bertz CT molecular complexity index is 566. The number of rotatable bonds is 7. The highest BCUT2D eigenvalue weighted by molar-refractivity contribution is 7.89. The summed E-state index contributed by atoms with van der Waals surface area (Å²) in [5, 5.41) is 12.4. The maximum atomic E-state index is 12.0. The van der Waals surface area contributed by atoms with Crippen molar-refractivity contribution in [2.75, 3.05) is 0 Å². The summed E-state index contributed by atoms with van der Waals surface area (Å²) in [4.78, 5) is 10.5. The van der Waals surface area contributed by atoms with Crippen LogP contribution in [0.25, 0.3) is 0 Å². The molecule has 0 saturated heterocycles. The van der Waals surface area contributed by atoms with Crippen LogP contribution in [0.3, 0.4) is 0 Å². The molecular formula is C11H17N3O4S. The smallest absolute Gasteiger partial charge is 0.305 e. The molecule has 2 N–H and O–H groups in total. The zero-order chi connectivity index (χ0) is 14.0. The molecule has 0 spiro atoms. The summed E-state index contributed by atoms with van der Waals surface area (Å²) in [6, 6.07) is 0.0253. The number of carboxylic acids is 1. The number of sulfonamides is 1. The van der Waals surface area contributed by atoms with E-state index < -0.39 is 16.0 Å². The first kappa shape index (κ1) is 14.0. The Labute approximate surface area is 111 Å². The van der Waals surface area contributed by atoms with Crippen molar-refractivity contribution in [3.05, 3.63) is 12.4 Å². The summed E-state index contributed by atoms with van der Waals surface area (Å²) >= 11 is 0. The van der Waals surface area contributed by atoms with E-state index in [-0.39, 0.29) is 23.9 Å². The normalized spacial score (nSPS) is 22.4. The van der Waals surface area contributed by atoms with E-state index in [1.807, 2.05) is 6.92 Å². The summed E-state index contributed by atoms with van der Waals surface area (Å²) in [5.74, 6) is -0.515. The minimum atomic E-state index is -3.54. The number of aryl methyl sites for hydroxylation is 1. The highest BCUT2D eigenvalue weighted by Gasteiger charge is 2.38. The van der Waals surface area contributed by atoms with Gasteiger partial charge in [0.15, 0.2) is 0 Å². The number of aromatic nitrogens is 2. The van der Waals surface area contributed by atoms with Gasteiger partial charge in [0.05, 0.1) is 19.2 Å². The molecule has 0 radical (unpaired) electrons. The first-order valence-corrected chi connectivity index (χ1v) is 7.67. The van der Waals surface area contributed by atoms with Crippen LogP contribution in [0.15, 0.2) is 17.3 Å². The summed E-state index contributed by atoms with van der Waals surface area (Å²) in [6.07, 6.45) is 4.35. The largest absolute Gasteiger partial charge is 0.481 e. The number of hydrogen-bond acceptors (Lipinski definition) is 4. The molecule has 2 unspecified atom stereocenters. The number of nitrogens with one attached hydrogen (secondary N) is 1. The van der Waals surface area contributed by atoms with Gasteiger partial charge in [-0.2, -0.15) is 5.10 Å². The van der Waals surface area contributed by atoms with Gasteiger partial charge in [0.1, 0.15) is 4.90 Å². The Kier molecular flexibility index (Phi) is 3.91. The lowest BCUT2D eigenvalue weighted by Crippen LogP contribution is -2.26. The van der Waals surface area contributed by atoms with Crippen molar-refractivity contribution in [1.82, 2.24) is 14.5 Å². The van der Waals surface area contributed by atoms with Crippen molar-refractivity contribution in [1.29, 1.82) is 0 Å². The topological polar surface area (TPSA) is 101 Å². The van der Waals surface area contributed by atoms with E-state index in [1.165, 1.54) is 17.1 Å². The van der Waals surface area contributed by atoms with Gasteiger partial charge in [-0.25, -0.2) is 13.1 Å². The van der Waals surface area contributed by atoms with Gasteiger partial charge in [0.25, 0.3) is 0 Å². The van der Waals surface area contributed by atoms with Crippen LogP contribution in [0.2, 0.25) is 0 Å². The van der Waals surface area contributed by atoms with Gasteiger partial charge in [-0.05, 0) is 12.3 Å². The Morgan fingerprint density at radius 2 is 2.37 bits per heavy atom. The standard InChI is InChI=1S/C11H17N3O4S/c1-2-8-5-10(8)13-19(17,18)9-6-12-14(7-9)4-3-11(15)16/h6-8,10,13H,2-5H2,1H3,(H,15,16). The van der Waals surface area contributed by atoms with Gasteiger partial charge < -0.3 is 5.11 Å². The number of carboxylic acid groups (broad SMARTS) is 1. The molecule has 2 rings (SSSR count). The molecule has 1 saturated carbocycles. The lowest BCUT2D eigenvalue weighted by atomic mass is 10.3. The van der Waals surface area contributed by atoms with E-state index in [0.717, 1.165) is 12.8 Å². The Morgan fingerprint density at radius 3 is 2.95 bits per heavy atom. The quantitative estimate of drug-likeness (QED) is 0.757. The predicted octanol–water partition coefficient (Wildman–Crippen LogP) is 0.435. The van der Waals surface area contributed by atoms with Crippen LogP contribution in [-0.4, -0.2) is 35.3 Å². The molecule has 0 aromatic carbocycles. The maximum Gasteiger partial charge on any atom is 0.305 e. The zero-order valence-electron chi connectivity index (χ0n) is 10.6. The van der Waals surface area contributed by atoms with E-state index in [0.29, 0.717) is 5.92 Å². The lowest BCUT2D eigenvalue weighted by Gasteiger charge is -2.03. The average Bonchev–Trinajstić information content (AvgIpc) is 2.89. The van der Waals surface area contributed by atoms with Crippen molar-refractivity contribution in [3.63, 3.8) is 0 Å². The van der Waals surface area contributed by atoms with E-state index in [2.05, 4.69) is 9.82 Å². The van der Waals surface area contributed by atoms with Gasteiger partial charge in [-0.3, -0.25) is 9.48 Å². The van der Waals surface area contributed by atoms with Crippen LogP contribution in [0.1, 0.15) is 26.2 Å². The van der Waals surface area contributed by atoms with Crippen molar-refractivity contribution in [2.45, 2.75) is 43.7 Å². The van der Waals surface area contributed by atoms with Crippen LogP contribution in [-0.2, 0) is 21.4 Å². The predicted molar refractivity (Wildman–Crippen MR) is 67.0 cm³/mol. The summed E-state index contributed by atoms with van der Waals surface area (Å²) in [6.45, 7) is 2.19. The molecule has 7 nitrogen and oxygen atoms in total. The number of hydrogen-bond donors (Lipinski definition) is 2. The fourth-order valence-electron chi connectivity index (χ4n) is 1.93. The molecule has 0 bridgehead atoms. The number of carbonyl (C=O) groups is 1. The fourth-order valence-corrected chi connectivity index (χ4v) is 3.20. The molecule has 1 fully saturated rings. The molecule has 1 aromatic rings. The monoisotopic (exact) mass is 287 g/mol. The molecule has 1 aliphatic rings. The Morgan fingerprint density at radius 1 is 1.63 bits per heavy atom. The second-order valence-electron chi connectivity index (χ2n) is 4.71. The Hall–Kier alpha value is -1.41. The van der Waals surface area contributed by atoms with Gasteiger partial charge >= 0.3 is 5.97 Å². The minimum absolute atomic E-state index is 0.0253. The van der Waals surface area contributed by atoms with Gasteiger partial charge in [0.2, 0.25) is 10.0 Å². The second kappa shape index (κ2) is 5.30. The van der Waals surface area contributed by atoms with Crippen molar-refractivity contribution >= 4 is 16.0 Å². The molecule has 1 heterocycles. The molecular weight excluding hydrogens is 270 g/mol. The maximum absolute atomic E-state index is 12.0. The van der Waals surface area contributed by atoms with Crippen LogP contribution >= 0.6 is 0 Å². The zero-order valence-corrected chi connectivity index (χ0v) is 11.4.